The molecule has 0 bridgehead atoms. The molecule has 12 rings (SSSR count). The van der Waals surface area contributed by atoms with Crippen molar-refractivity contribution in [1.82, 2.24) is 24.1 Å². The summed E-state index contributed by atoms with van der Waals surface area (Å²) in [6.07, 6.45) is 52.8. The maximum atomic E-state index is 15.5. The minimum Gasteiger partial charge on any atom is -0.337 e. The number of hydrogen-bond donors (Lipinski definition) is 0. The second-order valence-corrected chi connectivity index (χ2v) is 38.0. The van der Waals surface area contributed by atoms with Gasteiger partial charge in [-0.15, -0.1) is 45.3 Å². The number of unbranched alkanes of at least 4 members (excludes halogenated alkanes) is 32. The quantitative estimate of drug-likeness (QED) is 0.0157. The second-order valence-electron chi connectivity index (χ2n) is 33.9. The van der Waals surface area contributed by atoms with E-state index in [-0.39, 0.29) is 67.5 Å². The lowest BCUT2D eigenvalue weighted by atomic mass is 9.93. The molecule has 0 radical (unpaired) electrons. The van der Waals surface area contributed by atoms with Gasteiger partial charge in [0.25, 0.3) is 0 Å². The fourth-order valence-corrected chi connectivity index (χ4v) is 24.8. The van der Waals surface area contributed by atoms with Crippen molar-refractivity contribution in [2.75, 3.05) is 0 Å². The third-order valence-corrected chi connectivity index (χ3v) is 30.3. The van der Waals surface area contributed by atoms with E-state index in [1.54, 1.807) is 50.1 Å². The number of fused-ring (bicyclic) bond motifs is 16. The van der Waals surface area contributed by atoms with Crippen molar-refractivity contribution < 1.29 is 27.2 Å². The molecule has 19 heteroatoms. The van der Waals surface area contributed by atoms with Crippen LogP contribution in [0.4, 0.5) is 17.6 Å². The summed E-state index contributed by atoms with van der Waals surface area (Å²) in [5.41, 5.74) is 7.60. The highest BCUT2D eigenvalue weighted by atomic mass is 32.1. The summed E-state index contributed by atoms with van der Waals surface area (Å²) in [6, 6.07) is 11.8. The van der Waals surface area contributed by atoms with Crippen LogP contribution in [0.2, 0.25) is 0 Å². The molecule has 0 fully saturated rings. The first-order valence-electron chi connectivity index (χ1n) is 45.4. The molecule has 0 amide bonds. The van der Waals surface area contributed by atoms with Crippen LogP contribution in [0.5, 0.6) is 0 Å². The summed E-state index contributed by atoms with van der Waals surface area (Å²) in [6.45, 7) is 15.0. The van der Waals surface area contributed by atoms with Crippen LogP contribution in [0.15, 0.2) is 46.6 Å². The van der Waals surface area contributed by atoms with Crippen molar-refractivity contribution in [3.05, 3.63) is 113 Å². The lowest BCUT2D eigenvalue weighted by Crippen LogP contribution is -2.14. The number of hydrogen-bond acceptors (Lipinski definition) is 12. The lowest BCUT2D eigenvalue weighted by Gasteiger charge is -2.22. The van der Waals surface area contributed by atoms with Gasteiger partial charge in [-0.2, -0.15) is 36.0 Å². The molecule has 10 aromatic rings. The van der Waals surface area contributed by atoms with E-state index in [1.165, 1.54) is 116 Å². The summed E-state index contributed by atoms with van der Waals surface area (Å²) in [5.74, 6) is -5.26. The molecule has 11 nitrogen and oxygen atoms in total. The van der Waals surface area contributed by atoms with Gasteiger partial charge in [0, 0.05) is 74.1 Å². The van der Waals surface area contributed by atoms with Crippen LogP contribution in [0.25, 0.3) is 95.4 Å². The van der Waals surface area contributed by atoms with Crippen LogP contribution in [-0.4, -0.2) is 35.7 Å². The van der Waals surface area contributed by atoms with E-state index < -0.39 is 34.8 Å². The molecule has 2 unspecified atom stereocenters. The summed E-state index contributed by atoms with van der Waals surface area (Å²) >= 11 is 6.82. The van der Waals surface area contributed by atoms with Gasteiger partial charge in [0.2, 0.25) is 0 Å². The molecule has 0 saturated heterocycles. The Bertz CT molecular complexity index is 5190. The standard InChI is InChI=1S/C99H121F4N9O2S4/c1-8-14-20-26-30-32-34-38-44-50-68-80(56-74-82(66(58-104)59-105)70-52-76(100)78(102)54-72(70)92(74)113)115-98-90-96(117-94(68)98)84-86-87(109-110(7)108-86)85-89(88(84)111(90)62-64(46-40-24-18-12-5)48-42-36-28-22-16-10-3)112(63-65(47-41-25-19-13-6)49-43-37-29-23-17-11-4)91-97(85)118-95-69(51-45-39-35-33-31-27-21-15-9-2)81(116-99(91)95)57-75-83(67(60-106)61-107)71-53-77(101)79(103)55-73(71)93(75)114/h52-57,64-65H,8-51,62-63H2,1-7H3/b74-56-,75-57-. The molecule has 2 atom stereocenters. The van der Waals surface area contributed by atoms with Gasteiger partial charge in [0.05, 0.1) is 50.3 Å². The number of carbonyl (C=O) groups excluding carboxylic acids is 2. The summed E-state index contributed by atoms with van der Waals surface area (Å²) in [5, 5.41) is 55.7. The molecular formula is C99H121F4N9O2S4. The number of aromatic nitrogens is 5. The highest BCUT2D eigenvalue weighted by Crippen LogP contribution is 2.57. The van der Waals surface area contributed by atoms with Crippen molar-refractivity contribution in [3.63, 3.8) is 0 Å². The predicted molar refractivity (Wildman–Crippen MR) is 487 cm³/mol. The summed E-state index contributed by atoms with van der Waals surface area (Å²) in [7, 11) is 1.93. The molecule has 7 aromatic heterocycles. The molecule has 626 valence electrons. The third kappa shape index (κ3) is 19.8. The number of nitrogens with zero attached hydrogens (tertiary/aromatic N) is 9. The predicted octanol–water partition coefficient (Wildman–Crippen LogP) is 31.3. The first kappa shape index (κ1) is 89.2. The number of rotatable bonds is 50. The van der Waals surface area contributed by atoms with Gasteiger partial charge in [-0.1, -0.05) is 273 Å². The van der Waals surface area contributed by atoms with Crippen molar-refractivity contribution in [2.45, 2.75) is 337 Å². The van der Waals surface area contributed by atoms with Crippen LogP contribution in [0.3, 0.4) is 0 Å². The van der Waals surface area contributed by atoms with Gasteiger partial charge in [0.15, 0.2) is 34.8 Å². The number of ketones is 2. The summed E-state index contributed by atoms with van der Waals surface area (Å²) in [4.78, 5) is 33.5. The maximum Gasteiger partial charge on any atom is 0.194 e. The molecule has 2 aliphatic carbocycles. The zero-order valence-electron chi connectivity index (χ0n) is 71.1. The Morgan fingerprint density at radius 2 is 0.653 bits per heavy atom. The number of aryl methyl sites for hydroxylation is 3. The van der Waals surface area contributed by atoms with Crippen LogP contribution < -0.4 is 0 Å². The monoisotopic (exact) mass is 1670 g/mol. The topological polar surface area (TPSA) is 170 Å². The van der Waals surface area contributed by atoms with E-state index in [0.717, 1.165) is 284 Å². The molecule has 0 saturated carbocycles. The Morgan fingerprint density at radius 3 is 0.958 bits per heavy atom. The van der Waals surface area contributed by atoms with Crippen LogP contribution in [-0.2, 0) is 33.0 Å². The number of thiophene rings is 4. The van der Waals surface area contributed by atoms with Gasteiger partial charge in [0.1, 0.15) is 46.5 Å². The molecule has 7 heterocycles. The smallest absolute Gasteiger partial charge is 0.194 e. The van der Waals surface area contributed by atoms with Gasteiger partial charge in [-0.3, -0.25) is 9.59 Å². The number of nitriles is 4. The van der Waals surface area contributed by atoms with Crippen molar-refractivity contribution in [3.8, 4) is 24.3 Å². The minimum absolute atomic E-state index is 0.0155. The van der Waals surface area contributed by atoms with Crippen LogP contribution >= 0.6 is 45.3 Å². The molecule has 0 aliphatic heterocycles. The van der Waals surface area contributed by atoms with E-state index in [4.69, 9.17) is 10.2 Å². The van der Waals surface area contributed by atoms with Gasteiger partial charge >= 0.3 is 0 Å². The average molecular weight is 1670 g/mol. The fraction of sp³-hybridized carbons (Fsp3) is 0.556. The molecule has 118 heavy (non-hydrogen) atoms. The number of carbonyl (C=O) groups is 2. The highest BCUT2D eigenvalue weighted by molar-refractivity contribution is 7.34. The second kappa shape index (κ2) is 43.5. The number of halogens is 4. The maximum absolute atomic E-state index is 15.5. The zero-order chi connectivity index (χ0) is 83.4. The molecule has 0 spiro atoms. The van der Waals surface area contributed by atoms with E-state index in [9.17, 15) is 21.0 Å². The van der Waals surface area contributed by atoms with E-state index >= 15 is 27.2 Å². The van der Waals surface area contributed by atoms with Gasteiger partial charge < -0.3 is 9.13 Å². The first-order valence-corrected chi connectivity index (χ1v) is 48.6. The molecule has 3 aromatic carbocycles. The highest BCUT2D eigenvalue weighted by Gasteiger charge is 2.39. The zero-order valence-corrected chi connectivity index (χ0v) is 74.4. The van der Waals surface area contributed by atoms with Crippen LogP contribution in [0.1, 0.15) is 364 Å². The van der Waals surface area contributed by atoms with Crippen molar-refractivity contribution in [2.24, 2.45) is 18.9 Å². The third-order valence-electron chi connectivity index (χ3n) is 25.1. The van der Waals surface area contributed by atoms with Crippen LogP contribution in [0, 0.1) is 80.4 Å². The minimum atomic E-state index is -1.18. The lowest BCUT2D eigenvalue weighted by molar-refractivity contribution is 0.103. The Kier molecular flexibility index (Phi) is 32.9. The normalized spacial score (nSPS) is 14.2. The summed E-state index contributed by atoms with van der Waals surface area (Å²) < 4.78 is 73.8. The Morgan fingerprint density at radius 1 is 0.373 bits per heavy atom. The number of allylic oxidation sites excluding steroid dienone is 6. The number of benzene rings is 3. The Balaban J connectivity index is 1.18. The first-order chi connectivity index (χ1) is 57.6. The molecule has 2 aliphatic rings. The van der Waals surface area contributed by atoms with Crippen molar-refractivity contribution in [1.29, 1.82) is 21.0 Å². The van der Waals surface area contributed by atoms with Crippen molar-refractivity contribution >= 4 is 152 Å². The van der Waals surface area contributed by atoms with E-state index in [0.29, 0.717) is 12.8 Å². The average Bonchev–Trinajstić information content (AvgIpc) is 1.50. The molecule has 0 N–H and O–H groups in total. The Hall–Kier alpha value is -8.04. The fourth-order valence-electron chi connectivity index (χ4n) is 18.8. The van der Waals surface area contributed by atoms with E-state index in [1.807, 2.05) is 43.5 Å². The molecular weight excluding hydrogens is 1550 g/mol. The van der Waals surface area contributed by atoms with Gasteiger partial charge in [-0.25, -0.2) is 17.6 Å². The number of Topliss-reactive ketones (excluding diaryl/α,β-unsaturated/α-hetero) is 2. The SMILES string of the molecule is CCCCCCCCCCCc1c(/C=C2\C(=O)c3cc(F)c(F)cc3C2=C(C#N)C#N)sc2c1sc1c3c4nn(C)nc4c4c5sc6c(CCCCCCCCCCC)c(/C=C7\C(=O)c8cc(F)c(F)cc8C7=C(C#N)C#N)sc6c5n(CC(CCCCCC)CCCCCCCC)c4c3n(CC(CCCCCC)CCCCCCCC)c21. The van der Waals surface area contributed by atoms with Gasteiger partial charge in [-0.05, 0) is 122 Å². The van der Waals surface area contributed by atoms with E-state index in [2.05, 4.69) is 50.7 Å². The largest absolute Gasteiger partial charge is 0.337 e. The Labute approximate surface area is 712 Å².